The van der Waals surface area contributed by atoms with Crippen molar-refractivity contribution in [3.8, 4) is 22.8 Å². The summed E-state index contributed by atoms with van der Waals surface area (Å²) in [5.74, 6) is 1.13. The van der Waals surface area contributed by atoms with Gasteiger partial charge in [0.25, 0.3) is 0 Å². The molecular weight excluding hydrogens is 1140 g/mol. The van der Waals surface area contributed by atoms with E-state index >= 15 is 0 Å². The molecule has 0 aliphatic carbocycles. The van der Waals surface area contributed by atoms with E-state index in [-0.39, 0.29) is 48.1 Å². The molecule has 10 rings (SSSR count). The summed E-state index contributed by atoms with van der Waals surface area (Å²) in [4.78, 5) is 15.0. The van der Waals surface area contributed by atoms with Gasteiger partial charge in [-0.05, 0) is 138 Å². The Morgan fingerprint density at radius 1 is 0.418 bits per heavy atom. The average Bonchev–Trinajstić information content (AvgIpc) is 3.59. The minimum absolute atomic E-state index is 0. The van der Waals surface area contributed by atoms with Crippen molar-refractivity contribution < 1.29 is 25.8 Å². The standard InChI is InChI=1S/C73H76N4O.Pt/c1-68(2,3)50-25-33-56(34-26-50)76(57-35-27-51(28-36-57)69(4,5)6)59-41-43-74-64(48-59)49-20-18-22-60(44-49)78-61-23-19-21-55(45-61)73(67-24-16-17-42-75-67)62-46-53(71(10,11)12)31-39-65(62)77(58-37-29-52(30-38-58)70(7,8)9)66-40-32-54(47-63(66)73)72(13,14)15;/h16-43,46-48H,1-15H3;/q-2;+2. The summed E-state index contributed by atoms with van der Waals surface area (Å²) in [5.41, 5.74) is 17.3. The first-order valence-corrected chi connectivity index (χ1v) is 27.6. The topological polar surface area (TPSA) is 41.5 Å². The summed E-state index contributed by atoms with van der Waals surface area (Å²) < 4.78 is 6.93. The first kappa shape index (κ1) is 56.6. The number of anilines is 6. The fourth-order valence-electron chi connectivity index (χ4n) is 10.8. The summed E-state index contributed by atoms with van der Waals surface area (Å²) in [6.07, 6.45) is 3.81. The Morgan fingerprint density at radius 2 is 0.886 bits per heavy atom. The predicted octanol–water partition coefficient (Wildman–Crippen LogP) is 19.7. The van der Waals surface area contributed by atoms with Gasteiger partial charge in [0.05, 0.1) is 22.5 Å². The van der Waals surface area contributed by atoms with Crippen LogP contribution in [0.2, 0.25) is 0 Å². The second-order valence-electron chi connectivity index (χ2n) is 26.3. The van der Waals surface area contributed by atoms with Gasteiger partial charge in [-0.1, -0.05) is 183 Å². The van der Waals surface area contributed by atoms with Crippen molar-refractivity contribution in [3.63, 3.8) is 0 Å². The van der Waals surface area contributed by atoms with Crippen molar-refractivity contribution in [1.29, 1.82) is 0 Å². The van der Waals surface area contributed by atoms with Crippen LogP contribution in [0.25, 0.3) is 11.3 Å². The van der Waals surface area contributed by atoms with Gasteiger partial charge in [0, 0.05) is 46.6 Å². The van der Waals surface area contributed by atoms with Crippen LogP contribution < -0.4 is 14.5 Å². The van der Waals surface area contributed by atoms with E-state index in [1.54, 1.807) is 0 Å². The summed E-state index contributed by atoms with van der Waals surface area (Å²) in [5, 5.41) is 0. The first-order chi connectivity index (χ1) is 36.8. The maximum Gasteiger partial charge on any atom is 2.00 e. The molecule has 404 valence electrons. The number of rotatable bonds is 9. The molecule has 0 saturated carbocycles. The molecule has 6 heteroatoms. The molecule has 0 amide bonds. The van der Waals surface area contributed by atoms with Crippen LogP contribution in [0.3, 0.4) is 0 Å². The molecule has 5 nitrogen and oxygen atoms in total. The number of hydrogen-bond acceptors (Lipinski definition) is 5. The number of ether oxygens (including phenoxy) is 1. The maximum atomic E-state index is 6.93. The molecule has 0 saturated heterocycles. The fraction of sp³-hybridized carbons (Fsp3) is 0.288. The Balaban J connectivity index is 0.00000757. The first-order valence-electron chi connectivity index (χ1n) is 27.6. The third-order valence-electron chi connectivity index (χ3n) is 15.5. The van der Waals surface area contributed by atoms with E-state index in [9.17, 15) is 0 Å². The van der Waals surface area contributed by atoms with Crippen molar-refractivity contribution in [2.75, 3.05) is 9.80 Å². The quantitative estimate of drug-likeness (QED) is 0.135. The molecule has 0 bridgehead atoms. The van der Waals surface area contributed by atoms with E-state index in [4.69, 9.17) is 14.7 Å². The third-order valence-corrected chi connectivity index (χ3v) is 15.5. The smallest absolute Gasteiger partial charge is 0.503 e. The number of pyridine rings is 2. The van der Waals surface area contributed by atoms with E-state index in [1.807, 2.05) is 42.7 Å². The summed E-state index contributed by atoms with van der Waals surface area (Å²) in [6.45, 7) is 34.1. The Hall–Kier alpha value is -7.07. The molecule has 1 aliphatic heterocycles. The zero-order valence-electron chi connectivity index (χ0n) is 48.9. The van der Waals surface area contributed by atoms with Gasteiger partial charge >= 0.3 is 21.1 Å². The fourth-order valence-corrected chi connectivity index (χ4v) is 10.8. The summed E-state index contributed by atoms with van der Waals surface area (Å²) >= 11 is 0. The molecule has 0 radical (unpaired) electrons. The largest absolute Gasteiger partial charge is 2.00 e. The average molecular weight is 1220 g/mol. The monoisotopic (exact) mass is 1220 g/mol. The molecule has 2 aromatic heterocycles. The van der Waals surface area contributed by atoms with Gasteiger partial charge < -0.3 is 19.5 Å². The Kier molecular flexibility index (Phi) is 15.2. The van der Waals surface area contributed by atoms with Crippen molar-refractivity contribution in [1.82, 2.24) is 9.97 Å². The van der Waals surface area contributed by atoms with Crippen LogP contribution in [0.4, 0.5) is 34.1 Å². The van der Waals surface area contributed by atoms with E-state index < -0.39 is 5.41 Å². The molecule has 1 aliphatic rings. The Labute approximate surface area is 486 Å². The van der Waals surface area contributed by atoms with Gasteiger partial charge in [0.2, 0.25) is 0 Å². The second kappa shape index (κ2) is 21.2. The van der Waals surface area contributed by atoms with E-state index in [1.165, 1.54) is 27.8 Å². The van der Waals surface area contributed by atoms with Crippen molar-refractivity contribution in [2.45, 2.75) is 136 Å². The summed E-state index contributed by atoms with van der Waals surface area (Å²) in [6, 6.07) is 71.4. The van der Waals surface area contributed by atoms with Crippen LogP contribution in [0.5, 0.6) is 11.5 Å². The molecule has 9 aromatic rings. The predicted molar refractivity (Wildman–Crippen MR) is 326 cm³/mol. The van der Waals surface area contributed by atoms with Crippen LogP contribution in [0.15, 0.2) is 188 Å². The Morgan fingerprint density at radius 3 is 1.37 bits per heavy atom. The second-order valence-corrected chi connectivity index (χ2v) is 26.3. The Bertz CT molecular complexity index is 3480. The number of hydrogen-bond donors (Lipinski definition) is 0. The third kappa shape index (κ3) is 11.3. The van der Waals surface area contributed by atoms with Gasteiger partial charge in [0.15, 0.2) is 0 Å². The van der Waals surface area contributed by atoms with Crippen LogP contribution in [0, 0.1) is 12.1 Å². The number of aromatic nitrogens is 2. The van der Waals surface area contributed by atoms with Gasteiger partial charge in [-0.3, -0.25) is 4.98 Å². The molecule has 0 N–H and O–H groups in total. The molecule has 7 aromatic carbocycles. The normalized spacial score (nSPS) is 13.5. The molecular formula is C73H76N4OPt. The van der Waals surface area contributed by atoms with Crippen LogP contribution in [0.1, 0.15) is 154 Å². The number of fused-ring (bicyclic) bond motifs is 2. The minimum atomic E-state index is -0.919. The van der Waals surface area contributed by atoms with Gasteiger partial charge in [-0.15, -0.1) is 41.5 Å². The zero-order chi connectivity index (χ0) is 55.6. The van der Waals surface area contributed by atoms with Gasteiger partial charge in [-0.2, -0.15) is 12.1 Å². The van der Waals surface area contributed by atoms with Crippen molar-refractivity contribution >= 4 is 34.1 Å². The molecule has 0 spiro atoms. The number of benzene rings is 7. The number of nitrogens with zero attached hydrogens (tertiary/aromatic N) is 4. The van der Waals surface area contributed by atoms with E-state index in [0.717, 1.165) is 67.8 Å². The van der Waals surface area contributed by atoms with Crippen molar-refractivity contribution in [3.05, 3.63) is 251 Å². The van der Waals surface area contributed by atoms with Crippen LogP contribution in [-0.2, 0) is 53.6 Å². The van der Waals surface area contributed by atoms with Crippen molar-refractivity contribution in [2.24, 2.45) is 0 Å². The molecule has 0 atom stereocenters. The van der Waals surface area contributed by atoms with Crippen LogP contribution in [-0.4, -0.2) is 9.97 Å². The SMILES string of the molecule is CC(C)(C)c1ccc(N(c2ccc(C(C)(C)C)cc2)c2ccnc(-c3[c-]c(Oc4[c-]c(C5(c6ccccn6)c6cc(C(C)(C)C)ccc6N(c6ccc(C(C)(C)C)cc6)c6ccc(C(C)(C)C)cc65)ccc4)ccc3)c2)cc1.[Pt+2]. The molecule has 0 unspecified atom stereocenters. The maximum absolute atomic E-state index is 6.93. The molecule has 0 fully saturated rings. The van der Waals surface area contributed by atoms with Crippen LogP contribution >= 0.6 is 0 Å². The molecule has 3 heterocycles. The van der Waals surface area contributed by atoms with E-state index in [0.29, 0.717) is 11.5 Å². The molecule has 79 heavy (non-hydrogen) atoms. The summed E-state index contributed by atoms with van der Waals surface area (Å²) in [7, 11) is 0. The van der Waals surface area contributed by atoms with E-state index in [2.05, 4.69) is 271 Å². The zero-order valence-corrected chi connectivity index (χ0v) is 51.2. The minimum Gasteiger partial charge on any atom is -0.503 e. The van der Waals surface area contributed by atoms with Gasteiger partial charge in [0.1, 0.15) is 0 Å². The van der Waals surface area contributed by atoms with Gasteiger partial charge in [-0.25, -0.2) is 0 Å².